The number of thiophene rings is 1. The van der Waals surface area contributed by atoms with Gasteiger partial charge in [-0.1, -0.05) is 42.5 Å². The number of hydrogen-bond donors (Lipinski definition) is 2. The number of anilines is 1. The Hall–Kier alpha value is -4.18. The van der Waals surface area contributed by atoms with E-state index in [2.05, 4.69) is 10.6 Å². The molecule has 0 radical (unpaired) electrons. The third kappa shape index (κ3) is 6.90. The van der Waals surface area contributed by atoms with E-state index in [0.717, 1.165) is 10.4 Å². The Morgan fingerprint density at radius 2 is 1.66 bits per heavy atom. The number of esters is 2. The summed E-state index contributed by atoms with van der Waals surface area (Å²) in [5, 5.41) is 5.01. The topological polar surface area (TPSA) is 120 Å². The number of methoxy groups -OCH3 is 1. The SMILES string of the molecule is CCOC(=O)c1sc(-c2ccccc2)cc1NC(=O)COC(=O)CNC(=O)c1ccccc1OC. The van der Waals surface area contributed by atoms with E-state index in [1.54, 1.807) is 37.3 Å². The average Bonchev–Trinajstić information content (AvgIpc) is 3.30. The first-order valence-electron chi connectivity index (χ1n) is 10.7. The molecular formula is C25H24N2O7S. The molecule has 3 rings (SSSR count). The average molecular weight is 497 g/mol. The molecule has 0 aliphatic rings. The minimum Gasteiger partial charge on any atom is -0.496 e. The fourth-order valence-corrected chi connectivity index (χ4v) is 4.05. The van der Waals surface area contributed by atoms with Gasteiger partial charge in [0.15, 0.2) is 6.61 Å². The van der Waals surface area contributed by atoms with Crippen LogP contribution in [0.2, 0.25) is 0 Å². The molecule has 1 heterocycles. The molecule has 0 aliphatic heterocycles. The summed E-state index contributed by atoms with van der Waals surface area (Å²) in [6, 6.07) is 17.6. The van der Waals surface area contributed by atoms with Crippen LogP contribution in [0.25, 0.3) is 10.4 Å². The first-order valence-corrected chi connectivity index (χ1v) is 11.5. The van der Waals surface area contributed by atoms with Gasteiger partial charge in [0.25, 0.3) is 11.8 Å². The molecular weight excluding hydrogens is 472 g/mol. The van der Waals surface area contributed by atoms with Gasteiger partial charge in [-0.15, -0.1) is 11.3 Å². The second-order valence-electron chi connectivity index (χ2n) is 7.03. The largest absolute Gasteiger partial charge is 0.496 e. The van der Waals surface area contributed by atoms with Gasteiger partial charge in [-0.3, -0.25) is 14.4 Å². The summed E-state index contributed by atoms with van der Waals surface area (Å²) in [5.74, 6) is -2.16. The molecule has 9 nitrogen and oxygen atoms in total. The summed E-state index contributed by atoms with van der Waals surface area (Å²) in [6.07, 6.45) is 0. The zero-order chi connectivity index (χ0) is 25.2. The predicted octanol–water partition coefficient (Wildman–Crippen LogP) is 3.51. The molecule has 0 saturated carbocycles. The van der Waals surface area contributed by atoms with Crippen molar-refractivity contribution >= 4 is 40.8 Å². The van der Waals surface area contributed by atoms with Crippen molar-refractivity contribution in [1.82, 2.24) is 5.32 Å². The van der Waals surface area contributed by atoms with Gasteiger partial charge in [-0.25, -0.2) is 4.79 Å². The molecule has 0 aliphatic carbocycles. The minimum absolute atomic E-state index is 0.184. The normalized spacial score (nSPS) is 10.2. The fourth-order valence-electron chi connectivity index (χ4n) is 3.04. The van der Waals surface area contributed by atoms with Crippen LogP contribution in [0.1, 0.15) is 27.0 Å². The second-order valence-corrected chi connectivity index (χ2v) is 8.08. The first kappa shape index (κ1) is 25.4. The van der Waals surface area contributed by atoms with Crippen LogP contribution in [0.15, 0.2) is 60.7 Å². The summed E-state index contributed by atoms with van der Waals surface area (Å²) < 4.78 is 15.2. The van der Waals surface area contributed by atoms with Gasteiger partial charge in [0.2, 0.25) is 0 Å². The molecule has 35 heavy (non-hydrogen) atoms. The first-order chi connectivity index (χ1) is 16.9. The van der Waals surface area contributed by atoms with E-state index >= 15 is 0 Å². The second kappa shape index (κ2) is 12.3. The maximum absolute atomic E-state index is 12.4. The molecule has 2 aromatic carbocycles. The molecule has 2 N–H and O–H groups in total. The molecule has 0 bridgehead atoms. The lowest BCUT2D eigenvalue weighted by Crippen LogP contribution is -2.32. The van der Waals surface area contributed by atoms with Crippen molar-refractivity contribution < 1.29 is 33.4 Å². The van der Waals surface area contributed by atoms with Gasteiger partial charge in [-0.05, 0) is 30.7 Å². The highest BCUT2D eigenvalue weighted by Gasteiger charge is 2.21. The van der Waals surface area contributed by atoms with Gasteiger partial charge in [0.1, 0.15) is 17.2 Å². The number of carbonyl (C=O) groups excluding carboxylic acids is 4. The summed E-state index contributed by atoms with van der Waals surface area (Å²) in [6.45, 7) is 0.841. The van der Waals surface area contributed by atoms with E-state index in [-0.39, 0.29) is 22.7 Å². The van der Waals surface area contributed by atoms with E-state index in [9.17, 15) is 19.2 Å². The van der Waals surface area contributed by atoms with Crippen LogP contribution in [-0.4, -0.2) is 50.6 Å². The van der Waals surface area contributed by atoms with Crippen LogP contribution in [0.5, 0.6) is 5.75 Å². The van der Waals surface area contributed by atoms with Crippen molar-refractivity contribution in [3.8, 4) is 16.2 Å². The van der Waals surface area contributed by atoms with Crippen molar-refractivity contribution in [3.63, 3.8) is 0 Å². The van der Waals surface area contributed by atoms with Gasteiger partial charge < -0.3 is 24.8 Å². The third-order valence-corrected chi connectivity index (χ3v) is 5.80. The van der Waals surface area contributed by atoms with Crippen molar-refractivity contribution in [3.05, 3.63) is 71.1 Å². The zero-order valence-corrected chi connectivity index (χ0v) is 20.0. The summed E-state index contributed by atoms with van der Waals surface area (Å²) in [4.78, 5) is 50.0. The van der Waals surface area contributed by atoms with E-state index in [4.69, 9.17) is 14.2 Å². The fraction of sp³-hybridized carbons (Fsp3) is 0.200. The van der Waals surface area contributed by atoms with Crippen molar-refractivity contribution in [2.24, 2.45) is 0 Å². The highest BCUT2D eigenvalue weighted by Crippen LogP contribution is 2.35. The van der Waals surface area contributed by atoms with E-state index in [1.807, 2.05) is 30.3 Å². The van der Waals surface area contributed by atoms with Crippen LogP contribution >= 0.6 is 11.3 Å². The molecule has 0 saturated heterocycles. The summed E-state index contributed by atoms with van der Waals surface area (Å²) in [7, 11) is 1.43. The maximum atomic E-state index is 12.4. The van der Waals surface area contributed by atoms with Crippen LogP contribution in [0.3, 0.4) is 0 Å². The van der Waals surface area contributed by atoms with E-state index < -0.39 is 36.9 Å². The molecule has 0 unspecified atom stereocenters. The number of nitrogens with one attached hydrogen (secondary N) is 2. The molecule has 2 amide bonds. The Morgan fingerprint density at radius 1 is 0.943 bits per heavy atom. The lowest BCUT2D eigenvalue weighted by atomic mass is 10.2. The van der Waals surface area contributed by atoms with Crippen molar-refractivity contribution in [2.75, 3.05) is 32.2 Å². The number of rotatable bonds is 10. The minimum atomic E-state index is -0.802. The molecule has 0 fully saturated rings. The number of benzene rings is 2. The maximum Gasteiger partial charge on any atom is 0.350 e. The van der Waals surface area contributed by atoms with Crippen LogP contribution < -0.4 is 15.4 Å². The van der Waals surface area contributed by atoms with Gasteiger partial charge in [0.05, 0.1) is 25.0 Å². The Morgan fingerprint density at radius 3 is 2.37 bits per heavy atom. The van der Waals surface area contributed by atoms with E-state index in [1.165, 1.54) is 18.4 Å². The highest BCUT2D eigenvalue weighted by atomic mass is 32.1. The standard InChI is InChI=1S/C25H24N2O7S/c1-3-33-25(31)23-18(13-20(35-23)16-9-5-4-6-10-16)27-21(28)15-34-22(29)14-26-24(30)17-11-7-8-12-19(17)32-2/h4-13H,3,14-15H2,1-2H3,(H,26,30)(H,27,28). The smallest absolute Gasteiger partial charge is 0.350 e. The molecule has 3 aromatic rings. The Kier molecular flexibility index (Phi) is 8.96. The van der Waals surface area contributed by atoms with Gasteiger partial charge >= 0.3 is 11.9 Å². The number of ether oxygens (including phenoxy) is 3. The summed E-state index contributed by atoms with van der Waals surface area (Å²) in [5.41, 5.74) is 1.40. The number of para-hydroxylation sites is 1. The molecule has 10 heteroatoms. The molecule has 0 atom stereocenters. The monoisotopic (exact) mass is 496 g/mol. The Balaban J connectivity index is 1.57. The van der Waals surface area contributed by atoms with Crippen molar-refractivity contribution in [2.45, 2.75) is 6.92 Å². The third-order valence-electron chi connectivity index (χ3n) is 4.63. The zero-order valence-electron chi connectivity index (χ0n) is 19.2. The van der Waals surface area contributed by atoms with Crippen LogP contribution in [-0.2, 0) is 19.1 Å². The van der Waals surface area contributed by atoms with Crippen LogP contribution in [0.4, 0.5) is 5.69 Å². The lowest BCUT2D eigenvalue weighted by Gasteiger charge is -2.09. The van der Waals surface area contributed by atoms with Gasteiger partial charge in [0, 0.05) is 4.88 Å². The van der Waals surface area contributed by atoms with E-state index in [0.29, 0.717) is 5.75 Å². The Bertz CT molecular complexity index is 1210. The number of carbonyl (C=O) groups is 4. The van der Waals surface area contributed by atoms with Gasteiger partial charge in [-0.2, -0.15) is 0 Å². The Labute approximate surface area is 206 Å². The highest BCUT2D eigenvalue weighted by molar-refractivity contribution is 7.18. The lowest BCUT2D eigenvalue weighted by molar-refractivity contribution is -0.146. The number of amides is 2. The quantitative estimate of drug-likeness (QED) is 0.412. The molecule has 182 valence electrons. The van der Waals surface area contributed by atoms with Crippen LogP contribution in [0, 0.1) is 0 Å². The molecule has 1 aromatic heterocycles. The van der Waals surface area contributed by atoms with Crippen molar-refractivity contribution in [1.29, 1.82) is 0 Å². The predicted molar refractivity (Wildman–Crippen MR) is 131 cm³/mol. The number of hydrogen-bond acceptors (Lipinski definition) is 8. The summed E-state index contributed by atoms with van der Waals surface area (Å²) >= 11 is 1.18. The molecule has 0 spiro atoms.